The van der Waals surface area contributed by atoms with Gasteiger partial charge in [0.05, 0.1) is 14.2 Å². The van der Waals surface area contributed by atoms with Gasteiger partial charge in [0.25, 0.3) is 5.88 Å². The van der Waals surface area contributed by atoms with E-state index in [1.54, 1.807) is 6.92 Å². The van der Waals surface area contributed by atoms with E-state index >= 15 is 0 Å². The zero-order valence-corrected chi connectivity index (χ0v) is 8.07. The summed E-state index contributed by atoms with van der Waals surface area (Å²) >= 11 is 0. The molecule has 1 rings (SSSR count). The van der Waals surface area contributed by atoms with Crippen molar-refractivity contribution in [3.8, 4) is 11.6 Å². The second-order valence-corrected chi connectivity index (χ2v) is 2.47. The molecular weight excluding hydrogens is 188 g/mol. The minimum Gasteiger partial charge on any atom is -0.489 e. The highest BCUT2D eigenvalue weighted by Crippen LogP contribution is 2.27. The van der Waals surface area contributed by atoms with E-state index in [9.17, 15) is 4.79 Å². The van der Waals surface area contributed by atoms with E-state index in [1.165, 1.54) is 14.2 Å². The quantitative estimate of drug-likeness (QED) is 0.761. The highest BCUT2D eigenvalue weighted by atomic mass is 16.5. The van der Waals surface area contributed by atoms with Crippen LogP contribution in [-0.2, 0) is 0 Å². The van der Waals surface area contributed by atoms with Gasteiger partial charge < -0.3 is 14.6 Å². The molecule has 14 heavy (non-hydrogen) atoms. The second kappa shape index (κ2) is 3.91. The lowest BCUT2D eigenvalue weighted by Crippen LogP contribution is -2.08. The number of hydrogen-bond donors (Lipinski definition) is 1. The van der Waals surface area contributed by atoms with Crippen LogP contribution in [0.3, 0.4) is 0 Å². The normalized spacial score (nSPS) is 9.64. The van der Waals surface area contributed by atoms with E-state index in [2.05, 4.69) is 9.97 Å². The first kappa shape index (κ1) is 10.2. The number of aryl methyl sites for hydroxylation is 1. The Kier molecular flexibility index (Phi) is 2.85. The molecule has 76 valence electrons. The van der Waals surface area contributed by atoms with Gasteiger partial charge in [0, 0.05) is 0 Å². The first-order valence-electron chi connectivity index (χ1n) is 3.80. The third kappa shape index (κ3) is 1.73. The molecule has 1 aromatic heterocycles. The van der Waals surface area contributed by atoms with Crippen LogP contribution in [0.1, 0.15) is 16.3 Å². The van der Waals surface area contributed by atoms with Crippen LogP contribution in [0.5, 0.6) is 11.6 Å². The number of nitrogens with zero attached hydrogens (tertiary/aromatic N) is 2. The molecule has 0 spiro atoms. The molecule has 0 bridgehead atoms. The highest BCUT2D eigenvalue weighted by molar-refractivity contribution is 5.89. The van der Waals surface area contributed by atoms with Gasteiger partial charge in [-0.1, -0.05) is 0 Å². The average Bonchev–Trinajstić information content (AvgIpc) is 2.16. The molecule has 0 radical (unpaired) electrons. The van der Waals surface area contributed by atoms with Crippen molar-refractivity contribution in [3.63, 3.8) is 0 Å². The molecule has 0 aliphatic rings. The Balaban J connectivity index is 3.39. The summed E-state index contributed by atoms with van der Waals surface area (Å²) in [6.07, 6.45) is 0. The van der Waals surface area contributed by atoms with Crippen LogP contribution in [0.4, 0.5) is 0 Å². The lowest BCUT2D eigenvalue weighted by atomic mass is 10.3. The predicted molar refractivity (Wildman–Crippen MR) is 46.8 cm³/mol. The Morgan fingerprint density at radius 2 is 1.93 bits per heavy atom. The summed E-state index contributed by atoms with van der Waals surface area (Å²) in [5.41, 5.74) is -0.197. The zero-order chi connectivity index (χ0) is 10.7. The summed E-state index contributed by atoms with van der Waals surface area (Å²) in [6, 6.07) is 0. The maximum Gasteiger partial charge on any atom is 0.358 e. The van der Waals surface area contributed by atoms with Crippen molar-refractivity contribution in [1.29, 1.82) is 0 Å². The number of aromatic carboxylic acids is 1. The highest BCUT2D eigenvalue weighted by Gasteiger charge is 2.19. The summed E-state index contributed by atoms with van der Waals surface area (Å²) in [6.45, 7) is 1.58. The molecule has 0 unspecified atom stereocenters. The standard InChI is InChI=1S/C8H10N2O4/c1-4-9-5(8(11)12)6(13-2)7(10-4)14-3/h1-3H3,(H,11,12). The van der Waals surface area contributed by atoms with Crippen LogP contribution in [-0.4, -0.2) is 35.3 Å². The molecular formula is C8H10N2O4. The molecule has 0 saturated carbocycles. The van der Waals surface area contributed by atoms with E-state index in [0.717, 1.165) is 0 Å². The van der Waals surface area contributed by atoms with Gasteiger partial charge in [-0.05, 0) is 6.92 Å². The molecule has 1 N–H and O–H groups in total. The molecule has 0 aliphatic heterocycles. The zero-order valence-electron chi connectivity index (χ0n) is 8.07. The Hall–Kier alpha value is -1.85. The van der Waals surface area contributed by atoms with Crippen LogP contribution in [0.15, 0.2) is 0 Å². The van der Waals surface area contributed by atoms with E-state index in [-0.39, 0.29) is 17.3 Å². The molecule has 1 heterocycles. The first-order chi connectivity index (χ1) is 6.60. The first-order valence-corrected chi connectivity index (χ1v) is 3.80. The van der Waals surface area contributed by atoms with Crippen LogP contribution in [0.2, 0.25) is 0 Å². The summed E-state index contributed by atoms with van der Waals surface area (Å²) in [7, 11) is 2.72. The summed E-state index contributed by atoms with van der Waals surface area (Å²) < 4.78 is 9.72. The maximum absolute atomic E-state index is 10.8. The van der Waals surface area contributed by atoms with Crippen molar-refractivity contribution in [2.45, 2.75) is 6.92 Å². The molecule has 1 aromatic rings. The number of carbonyl (C=O) groups is 1. The van der Waals surface area contributed by atoms with Crippen LogP contribution >= 0.6 is 0 Å². The van der Waals surface area contributed by atoms with Gasteiger partial charge in [0.2, 0.25) is 5.75 Å². The monoisotopic (exact) mass is 198 g/mol. The number of carboxylic acid groups (broad SMARTS) is 1. The third-order valence-corrected chi connectivity index (χ3v) is 1.55. The van der Waals surface area contributed by atoms with E-state index < -0.39 is 5.97 Å². The van der Waals surface area contributed by atoms with Gasteiger partial charge in [0.15, 0.2) is 5.69 Å². The van der Waals surface area contributed by atoms with Gasteiger partial charge in [-0.25, -0.2) is 9.78 Å². The van der Waals surface area contributed by atoms with E-state index in [0.29, 0.717) is 5.82 Å². The van der Waals surface area contributed by atoms with Crippen molar-refractivity contribution in [2.75, 3.05) is 14.2 Å². The molecule has 6 heteroatoms. The number of aromatic nitrogens is 2. The van der Waals surface area contributed by atoms with Gasteiger partial charge in [-0.3, -0.25) is 0 Å². The topological polar surface area (TPSA) is 81.5 Å². The lowest BCUT2D eigenvalue weighted by molar-refractivity contribution is 0.0685. The molecule has 0 fully saturated rings. The Bertz CT molecular complexity index is 365. The van der Waals surface area contributed by atoms with Crippen molar-refractivity contribution >= 4 is 5.97 Å². The molecule has 0 atom stereocenters. The minimum absolute atomic E-state index is 0.0330. The van der Waals surface area contributed by atoms with Crippen LogP contribution in [0.25, 0.3) is 0 Å². The van der Waals surface area contributed by atoms with Crippen LogP contribution in [0, 0.1) is 6.92 Å². The maximum atomic E-state index is 10.8. The van der Waals surface area contributed by atoms with Gasteiger partial charge >= 0.3 is 5.97 Å². The summed E-state index contributed by atoms with van der Waals surface area (Å²) in [5.74, 6) is -0.700. The Morgan fingerprint density at radius 1 is 1.29 bits per heavy atom. The smallest absolute Gasteiger partial charge is 0.358 e. The SMILES string of the molecule is COc1nc(C)nc(C(=O)O)c1OC. The van der Waals surface area contributed by atoms with Gasteiger partial charge in [-0.2, -0.15) is 4.98 Å². The molecule has 6 nitrogen and oxygen atoms in total. The van der Waals surface area contributed by atoms with Gasteiger partial charge in [0.1, 0.15) is 5.82 Å². The third-order valence-electron chi connectivity index (χ3n) is 1.55. The molecule has 0 saturated heterocycles. The Morgan fingerprint density at radius 3 is 2.36 bits per heavy atom. The fourth-order valence-electron chi connectivity index (χ4n) is 1.00. The van der Waals surface area contributed by atoms with Crippen molar-refractivity contribution < 1.29 is 19.4 Å². The summed E-state index contributed by atoms with van der Waals surface area (Å²) in [5, 5.41) is 8.82. The largest absolute Gasteiger partial charge is 0.489 e. The van der Waals surface area contributed by atoms with Crippen molar-refractivity contribution in [1.82, 2.24) is 9.97 Å². The number of hydrogen-bond acceptors (Lipinski definition) is 5. The van der Waals surface area contributed by atoms with Gasteiger partial charge in [-0.15, -0.1) is 0 Å². The number of carboxylic acids is 1. The molecule has 0 aliphatic carbocycles. The second-order valence-electron chi connectivity index (χ2n) is 2.47. The number of ether oxygens (including phenoxy) is 2. The summed E-state index contributed by atoms with van der Waals surface area (Å²) in [4.78, 5) is 18.4. The fraction of sp³-hybridized carbons (Fsp3) is 0.375. The fourth-order valence-corrected chi connectivity index (χ4v) is 1.00. The van der Waals surface area contributed by atoms with Crippen molar-refractivity contribution in [2.24, 2.45) is 0 Å². The average molecular weight is 198 g/mol. The predicted octanol–water partition coefficient (Wildman–Crippen LogP) is 0.500. The molecule has 0 amide bonds. The van der Waals surface area contributed by atoms with E-state index in [4.69, 9.17) is 14.6 Å². The van der Waals surface area contributed by atoms with E-state index in [1.807, 2.05) is 0 Å². The minimum atomic E-state index is -1.18. The molecule has 0 aromatic carbocycles. The lowest BCUT2D eigenvalue weighted by Gasteiger charge is -2.08. The number of methoxy groups -OCH3 is 2. The Labute approximate surface area is 80.5 Å². The number of rotatable bonds is 3. The van der Waals surface area contributed by atoms with Crippen molar-refractivity contribution in [3.05, 3.63) is 11.5 Å². The van der Waals surface area contributed by atoms with Crippen LogP contribution < -0.4 is 9.47 Å².